The van der Waals surface area contributed by atoms with Crippen molar-refractivity contribution < 1.29 is 9.18 Å². The van der Waals surface area contributed by atoms with E-state index in [1.54, 1.807) is 36.7 Å². The molecule has 6 heteroatoms. The highest BCUT2D eigenvalue weighted by Gasteiger charge is 2.16. The summed E-state index contributed by atoms with van der Waals surface area (Å²) in [5, 5.41) is 3.51. The molecule has 2 aromatic heterocycles. The van der Waals surface area contributed by atoms with Crippen LogP contribution in [0.4, 0.5) is 10.2 Å². The number of aromatic nitrogens is 2. The van der Waals surface area contributed by atoms with E-state index < -0.39 is 0 Å². The van der Waals surface area contributed by atoms with Crippen LogP contribution in [-0.2, 0) is 4.79 Å². The number of hydrogen-bond donors (Lipinski definition) is 2. The summed E-state index contributed by atoms with van der Waals surface area (Å²) in [6.07, 6.45) is 5.15. The van der Waals surface area contributed by atoms with Crippen LogP contribution >= 0.6 is 0 Å². The van der Waals surface area contributed by atoms with Gasteiger partial charge in [0.05, 0.1) is 5.69 Å². The Morgan fingerprint density at radius 2 is 2.00 bits per heavy atom. The number of aliphatic imine (C=N–C) groups is 1. The average molecular weight is 362 g/mol. The molecule has 1 amide bonds. The van der Waals surface area contributed by atoms with E-state index in [0.29, 0.717) is 11.5 Å². The summed E-state index contributed by atoms with van der Waals surface area (Å²) in [5.74, 6) is -0.0548. The third-order valence-corrected chi connectivity index (χ3v) is 3.93. The number of pyridine rings is 1. The van der Waals surface area contributed by atoms with E-state index in [2.05, 4.69) is 26.9 Å². The maximum absolute atomic E-state index is 13.3. The molecule has 0 atom stereocenters. The second kappa shape index (κ2) is 7.78. The van der Waals surface area contributed by atoms with Gasteiger partial charge in [0.2, 0.25) is 5.91 Å². The summed E-state index contributed by atoms with van der Waals surface area (Å²) in [6, 6.07) is 9.80. The molecule has 1 aromatic carbocycles. The lowest BCUT2D eigenvalue weighted by Crippen LogP contribution is -2.07. The zero-order chi connectivity index (χ0) is 19.4. The highest BCUT2D eigenvalue weighted by molar-refractivity contribution is 6.01. The van der Waals surface area contributed by atoms with E-state index in [4.69, 9.17) is 0 Å². The molecule has 27 heavy (non-hydrogen) atoms. The number of aromatic amines is 1. The number of anilines is 1. The molecule has 3 rings (SSSR count). The number of H-pyrrole nitrogens is 1. The number of halogens is 1. The largest absolute Gasteiger partial charge is 0.339 e. The molecule has 0 saturated heterocycles. The highest BCUT2D eigenvalue weighted by Crippen LogP contribution is 2.35. The van der Waals surface area contributed by atoms with Crippen molar-refractivity contribution in [1.82, 2.24) is 9.97 Å². The van der Waals surface area contributed by atoms with Crippen LogP contribution in [-0.4, -0.2) is 22.1 Å². The monoisotopic (exact) mass is 362 g/mol. The SMILES string of the molecule is C=C(/C=C\N=CC)c1c(-c2ccc(F)cc2)[nH]c2nc(NC(C)=O)ccc12. The van der Waals surface area contributed by atoms with Gasteiger partial charge in [-0.05, 0) is 60.5 Å². The molecule has 0 fully saturated rings. The first-order valence-electron chi connectivity index (χ1n) is 8.39. The number of carbonyl (C=O) groups excluding carboxylic acids is 1. The second-order valence-electron chi connectivity index (χ2n) is 5.90. The molecule has 2 N–H and O–H groups in total. The van der Waals surface area contributed by atoms with E-state index in [0.717, 1.165) is 27.8 Å². The predicted molar refractivity (Wildman–Crippen MR) is 108 cm³/mol. The molecular weight excluding hydrogens is 343 g/mol. The van der Waals surface area contributed by atoms with Crippen molar-refractivity contribution in [2.45, 2.75) is 13.8 Å². The van der Waals surface area contributed by atoms with Gasteiger partial charge in [0.1, 0.15) is 17.3 Å². The first kappa shape index (κ1) is 18.3. The molecule has 0 aliphatic rings. The molecule has 0 radical (unpaired) electrons. The number of carbonyl (C=O) groups is 1. The molecule has 3 aromatic rings. The molecule has 2 heterocycles. The van der Waals surface area contributed by atoms with Gasteiger partial charge in [0.15, 0.2) is 0 Å². The standard InChI is InChI=1S/C21H19FN4O/c1-4-23-12-11-13(2)19-17-9-10-18(24-14(3)27)25-21(17)26-20(19)15-5-7-16(22)8-6-15/h4-12H,2H2,1,3H3,(H2,24,25,26,27)/b12-11-,23-4?. The van der Waals surface area contributed by atoms with E-state index >= 15 is 0 Å². The number of rotatable bonds is 5. The molecule has 136 valence electrons. The Hall–Kier alpha value is -3.54. The Kier molecular flexibility index (Phi) is 5.26. The number of nitrogens with one attached hydrogen (secondary N) is 2. The van der Waals surface area contributed by atoms with Crippen molar-refractivity contribution in [3.05, 3.63) is 66.6 Å². The molecule has 0 unspecified atom stereocenters. The Balaban J connectivity index is 2.18. The maximum atomic E-state index is 13.3. The van der Waals surface area contributed by atoms with Crippen molar-refractivity contribution >= 4 is 34.5 Å². The molecular formula is C21H19FN4O. The van der Waals surface area contributed by atoms with Crippen LogP contribution in [0.3, 0.4) is 0 Å². The highest BCUT2D eigenvalue weighted by atomic mass is 19.1. The van der Waals surface area contributed by atoms with Crippen LogP contribution in [0, 0.1) is 5.82 Å². The smallest absolute Gasteiger partial charge is 0.222 e. The van der Waals surface area contributed by atoms with E-state index in [1.807, 2.05) is 13.0 Å². The fraction of sp³-hybridized carbons (Fsp3) is 0.0952. The minimum Gasteiger partial charge on any atom is -0.339 e. The van der Waals surface area contributed by atoms with Gasteiger partial charge in [-0.1, -0.05) is 6.58 Å². The quantitative estimate of drug-likeness (QED) is 0.498. The zero-order valence-electron chi connectivity index (χ0n) is 15.1. The Bertz CT molecular complexity index is 1060. The first-order valence-corrected chi connectivity index (χ1v) is 8.39. The lowest BCUT2D eigenvalue weighted by molar-refractivity contribution is -0.114. The van der Waals surface area contributed by atoms with Crippen molar-refractivity contribution in [1.29, 1.82) is 0 Å². The predicted octanol–water partition coefficient (Wildman–Crippen LogP) is 4.95. The summed E-state index contributed by atoms with van der Waals surface area (Å²) in [7, 11) is 0. The normalized spacial score (nSPS) is 11.5. The number of benzene rings is 1. The van der Waals surface area contributed by atoms with E-state index in [1.165, 1.54) is 19.1 Å². The summed E-state index contributed by atoms with van der Waals surface area (Å²) < 4.78 is 13.3. The van der Waals surface area contributed by atoms with Crippen molar-refractivity contribution in [3.8, 4) is 11.3 Å². The van der Waals surface area contributed by atoms with E-state index in [9.17, 15) is 9.18 Å². The molecule has 0 bridgehead atoms. The van der Waals surface area contributed by atoms with E-state index in [-0.39, 0.29) is 11.7 Å². The Labute approximate surface area is 156 Å². The lowest BCUT2D eigenvalue weighted by atomic mass is 10.00. The summed E-state index contributed by atoms with van der Waals surface area (Å²) in [6.45, 7) is 7.40. The summed E-state index contributed by atoms with van der Waals surface area (Å²) >= 11 is 0. The fourth-order valence-electron chi connectivity index (χ4n) is 2.79. The van der Waals surface area contributed by atoms with Crippen molar-refractivity contribution in [2.75, 3.05) is 5.32 Å². The number of nitrogens with zero attached hydrogens (tertiary/aromatic N) is 2. The molecule has 5 nitrogen and oxygen atoms in total. The average Bonchev–Trinajstić information content (AvgIpc) is 3.00. The maximum Gasteiger partial charge on any atom is 0.222 e. The van der Waals surface area contributed by atoms with Gasteiger partial charge >= 0.3 is 0 Å². The summed E-state index contributed by atoms with van der Waals surface area (Å²) in [5.41, 5.74) is 3.76. The van der Waals surface area contributed by atoms with Crippen LogP contribution in [0.15, 0.2) is 60.2 Å². The molecule has 0 aliphatic carbocycles. The number of amides is 1. The summed E-state index contributed by atoms with van der Waals surface area (Å²) in [4.78, 5) is 23.1. The number of hydrogen-bond acceptors (Lipinski definition) is 3. The van der Waals surface area contributed by atoms with Crippen LogP contribution < -0.4 is 5.32 Å². The topological polar surface area (TPSA) is 70.1 Å². The van der Waals surface area contributed by atoms with Gasteiger partial charge in [-0.15, -0.1) is 0 Å². The van der Waals surface area contributed by atoms with Gasteiger partial charge < -0.3 is 10.3 Å². The molecule has 0 spiro atoms. The molecule has 0 aliphatic heterocycles. The van der Waals surface area contributed by atoms with Gasteiger partial charge in [-0.25, -0.2) is 9.37 Å². The fourth-order valence-corrected chi connectivity index (χ4v) is 2.79. The zero-order valence-corrected chi connectivity index (χ0v) is 15.1. The van der Waals surface area contributed by atoms with Crippen LogP contribution in [0.5, 0.6) is 0 Å². The van der Waals surface area contributed by atoms with Crippen molar-refractivity contribution in [2.24, 2.45) is 4.99 Å². The van der Waals surface area contributed by atoms with Gasteiger partial charge in [0, 0.05) is 30.3 Å². The van der Waals surface area contributed by atoms with Crippen molar-refractivity contribution in [3.63, 3.8) is 0 Å². The van der Waals surface area contributed by atoms with Gasteiger partial charge in [-0.3, -0.25) is 9.79 Å². The third-order valence-electron chi connectivity index (χ3n) is 3.93. The lowest BCUT2D eigenvalue weighted by Gasteiger charge is -2.05. The van der Waals surface area contributed by atoms with Crippen LogP contribution in [0.1, 0.15) is 19.4 Å². The number of allylic oxidation sites excluding steroid dienone is 2. The molecule has 0 saturated carbocycles. The van der Waals surface area contributed by atoms with Gasteiger partial charge in [-0.2, -0.15) is 0 Å². The van der Waals surface area contributed by atoms with Crippen LogP contribution in [0.25, 0.3) is 27.9 Å². The minimum absolute atomic E-state index is 0.197. The Morgan fingerprint density at radius 3 is 2.67 bits per heavy atom. The first-order chi connectivity index (χ1) is 13.0. The van der Waals surface area contributed by atoms with Gasteiger partial charge in [0.25, 0.3) is 0 Å². The second-order valence-corrected chi connectivity index (χ2v) is 5.90. The Morgan fingerprint density at radius 1 is 1.26 bits per heavy atom. The number of fused-ring (bicyclic) bond motifs is 1. The minimum atomic E-state index is -0.307. The van der Waals surface area contributed by atoms with Crippen LogP contribution in [0.2, 0.25) is 0 Å². The third kappa shape index (κ3) is 4.00.